The molecule has 0 radical (unpaired) electrons. The minimum absolute atomic E-state index is 0.265. The van der Waals surface area contributed by atoms with Gasteiger partial charge in [-0.25, -0.2) is 9.78 Å². The maximum Gasteiger partial charge on any atom is 0.331 e. The number of rotatable bonds is 2. The fourth-order valence-electron chi connectivity index (χ4n) is 3.47. The van der Waals surface area contributed by atoms with Gasteiger partial charge >= 0.3 is 5.69 Å². The highest BCUT2D eigenvalue weighted by Gasteiger charge is 2.14. The van der Waals surface area contributed by atoms with E-state index >= 15 is 0 Å². The molecule has 0 aliphatic carbocycles. The third kappa shape index (κ3) is 2.71. The molecule has 0 bridgehead atoms. The molecule has 3 heterocycles. The highest BCUT2D eigenvalue weighted by Crippen LogP contribution is 2.29. The van der Waals surface area contributed by atoms with E-state index in [1.54, 1.807) is 47.3 Å². The smallest absolute Gasteiger partial charge is 0.331 e. The second-order valence-electron chi connectivity index (χ2n) is 6.65. The van der Waals surface area contributed by atoms with Crippen LogP contribution in [0.4, 0.5) is 5.82 Å². The van der Waals surface area contributed by atoms with Crippen molar-refractivity contribution < 1.29 is 0 Å². The van der Waals surface area contributed by atoms with Crippen LogP contribution in [-0.2, 0) is 0 Å². The Bertz CT molecular complexity index is 1470. The third-order valence-electron chi connectivity index (χ3n) is 4.88. The Hall–Kier alpha value is -4.44. The fourth-order valence-corrected chi connectivity index (χ4v) is 3.47. The molecule has 0 aliphatic rings. The van der Waals surface area contributed by atoms with Crippen LogP contribution in [0.3, 0.4) is 0 Å². The Labute approximate surface area is 164 Å². The number of benzene rings is 2. The molecule has 5 aromatic rings. The molecule has 0 spiro atoms. The van der Waals surface area contributed by atoms with Crippen LogP contribution in [0.5, 0.6) is 0 Å². The van der Waals surface area contributed by atoms with Crippen LogP contribution in [-0.4, -0.2) is 19.5 Å². The first-order valence-electron chi connectivity index (χ1n) is 8.90. The molecular weight excluding hydrogens is 364 g/mol. The minimum Gasteiger partial charge on any atom is -0.384 e. The second-order valence-corrected chi connectivity index (χ2v) is 6.65. The highest BCUT2D eigenvalue weighted by molar-refractivity contribution is 6.04. The predicted octanol–water partition coefficient (Wildman–Crippen LogP) is 3.38. The zero-order chi connectivity index (χ0) is 20.0. The lowest BCUT2D eigenvalue weighted by Gasteiger charge is -2.08. The number of aromatic nitrogens is 4. The van der Waals surface area contributed by atoms with E-state index in [4.69, 9.17) is 11.0 Å². The van der Waals surface area contributed by atoms with Crippen molar-refractivity contribution in [3.8, 4) is 22.9 Å². The number of H-pyrrole nitrogens is 1. The summed E-state index contributed by atoms with van der Waals surface area (Å²) < 4.78 is 1.60. The fraction of sp³-hybridized carbons (Fsp3) is 0. The van der Waals surface area contributed by atoms with Gasteiger partial charge in [0, 0.05) is 17.1 Å². The minimum atomic E-state index is -0.265. The maximum atomic E-state index is 12.7. The van der Waals surface area contributed by atoms with Crippen LogP contribution < -0.4 is 11.4 Å². The Morgan fingerprint density at radius 1 is 0.966 bits per heavy atom. The number of pyridine rings is 2. The molecule has 5 rings (SSSR count). The van der Waals surface area contributed by atoms with E-state index in [2.05, 4.69) is 21.0 Å². The van der Waals surface area contributed by atoms with E-state index in [0.29, 0.717) is 22.6 Å². The predicted molar refractivity (Wildman–Crippen MR) is 112 cm³/mol. The molecular formula is C22H14N6O. The summed E-state index contributed by atoms with van der Waals surface area (Å²) in [6, 6.07) is 18.5. The van der Waals surface area contributed by atoms with E-state index < -0.39 is 0 Å². The Morgan fingerprint density at radius 2 is 1.76 bits per heavy atom. The lowest BCUT2D eigenvalue weighted by atomic mass is 10.0. The molecule has 3 N–H and O–H groups in total. The molecule has 7 nitrogen and oxygen atoms in total. The normalized spacial score (nSPS) is 11.0. The summed E-state index contributed by atoms with van der Waals surface area (Å²) in [5.74, 6) is 0.457. The molecule has 0 saturated carbocycles. The number of nitrogen functional groups attached to an aromatic ring is 1. The van der Waals surface area contributed by atoms with Crippen molar-refractivity contribution in [1.29, 1.82) is 5.26 Å². The standard InChI is InChI=1S/C22H14N6O/c23-10-13-1-5-16(6-2-13)28-21-17-9-14(15-4-8-20(24)26-11-15)3-7-18(17)25-12-19(21)27-22(28)29/h1-9,11-12H,(H2,24,26)(H,27,29). The number of nitrogens with zero attached hydrogens (tertiary/aromatic N) is 4. The van der Waals surface area contributed by atoms with Gasteiger partial charge in [-0.1, -0.05) is 6.07 Å². The summed E-state index contributed by atoms with van der Waals surface area (Å²) in [4.78, 5) is 24.2. The first-order valence-corrected chi connectivity index (χ1v) is 8.90. The quantitative estimate of drug-likeness (QED) is 0.489. The van der Waals surface area contributed by atoms with Gasteiger partial charge in [-0.3, -0.25) is 9.55 Å². The lowest BCUT2D eigenvalue weighted by molar-refractivity contribution is 1.02. The number of anilines is 1. The van der Waals surface area contributed by atoms with Crippen molar-refractivity contribution in [3.05, 3.63) is 83.0 Å². The second kappa shape index (κ2) is 6.32. The number of fused-ring (bicyclic) bond motifs is 3. The molecule has 0 saturated heterocycles. The van der Waals surface area contributed by atoms with Gasteiger partial charge < -0.3 is 10.7 Å². The summed E-state index contributed by atoms with van der Waals surface area (Å²) in [5, 5.41) is 9.87. The van der Waals surface area contributed by atoms with E-state index in [9.17, 15) is 4.79 Å². The van der Waals surface area contributed by atoms with Crippen molar-refractivity contribution in [2.45, 2.75) is 0 Å². The van der Waals surface area contributed by atoms with Crippen molar-refractivity contribution in [1.82, 2.24) is 19.5 Å². The summed E-state index contributed by atoms with van der Waals surface area (Å²) in [7, 11) is 0. The zero-order valence-corrected chi connectivity index (χ0v) is 15.1. The highest BCUT2D eigenvalue weighted by atomic mass is 16.1. The first-order chi connectivity index (χ1) is 14.1. The number of hydrogen-bond donors (Lipinski definition) is 2. The third-order valence-corrected chi connectivity index (χ3v) is 4.88. The Balaban J connectivity index is 1.80. The van der Waals surface area contributed by atoms with Crippen LogP contribution in [0.15, 0.2) is 71.8 Å². The topological polar surface area (TPSA) is 113 Å². The molecule has 0 fully saturated rings. The molecule has 3 aromatic heterocycles. The number of nitrogens with one attached hydrogen (secondary N) is 1. The van der Waals surface area contributed by atoms with E-state index in [0.717, 1.165) is 27.5 Å². The van der Waals surface area contributed by atoms with Crippen molar-refractivity contribution in [3.63, 3.8) is 0 Å². The van der Waals surface area contributed by atoms with Crippen LogP contribution in [0.25, 0.3) is 38.8 Å². The van der Waals surface area contributed by atoms with Crippen molar-refractivity contribution in [2.24, 2.45) is 0 Å². The molecule has 0 amide bonds. The zero-order valence-electron chi connectivity index (χ0n) is 15.1. The van der Waals surface area contributed by atoms with Crippen LogP contribution in [0.1, 0.15) is 5.56 Å². The van der Waals surface area contributed by atoms with E-state index in [1.807, 2.05) is 24.3 Å². The SMILES string of the molecule is N#Cc1ccc(-n2c(=O)[nH]c3cnc4ccc(-c5ccc(N)nc5)cc4c32)cc1. The van der Waals surface area contributed by atoms with Gasteiger partial charge in [0.1, 0.15) is 5.82 Å². The van der Waals surface area contributed by atoms with Gasteiger partial charge in [0.25, 0.3) is 0 Å². The van der Waals surface area contributed by atoms with Crippen LogP contribution >= 0.6 is 0 Å². The van der Waals surface area contributed by atoms with Gasteiger partial charge in [-0.05, 0) is 54.1 Å². The van der Waals surface area contributed by atoms with Crippen molar-refractivity contribution in [2.75, 3.05) is 5.73 Å². The van der Waals surface area contributed by atoms with E-state index in [1.165, 1.54) is 0 Å². The number of imidazole rings is 1. The number of nitriles is 1. The van der Waals surface area contributed by atoms with Crippen molar-refractivity contribution >= 4 is 27.8 Å². The molecule has 7 heteroatoms. The van der Waals surface area contributed by atoms with Crippen LogP contribution in [0, 0.1) is 11.3 Å². The summed E-state index contributed by atoms with van der Waals surface area (Å²) in [6.45, 7) is 0. The number of nitrogens with two attached hydrogens (primary N) is 1. The average molecular weight is 378 g/mol. The Kier molecular flexibility index (Phi) is 3.64. The molecule has 2 aromatic carbocycles. The Morgan fingerprint density at radius 3 is 2.48 bits per heavy atom. The summed E-state index contributed by atoms with van der Waals surface area (Å²) >= 11 is 0. The van der Waals surface area contributed by atoms with Gasteiger partial charge in [0.2, 0.25) is 0 Å². The average Bonchev–Trinajstić information content (AvgIpc) is 3.10. The molecule has 0 aliphatic heterocycles. The molecule has 0 atom stereocenters. The van der Waals surface area contributed by atoms with Gasteiger partial charge in [0.05, 0.1) is 40.1 Å². The molecule has 138 valence electrons. The van der Waals surface area contributed by atoms with Gasteiger partial charge in [-0.15, -0.1) is 0 Å². The molecule has 0 unspecified atom stereocenters. The summed E-state index contributed by atoms with van der Waals surface area (Å²) in [5.41, 5.74) is 10.6. The molecule has 29 heavy (non-hydrogen) atoms. The van der Waals surface area contributed by atoms with E-state index in [-0.39, 0.29) is 5.69 Å². The number of hydrogen-bond acceptors (Lipinski definition) is 5. The summed E-state index contributed by atoms with van der Waals surface area (Å²) in [6.07, 6.45) is 3.37. The van der Waals surface area contributed by atoms with Gasteiger partial charge in [0.15, 0.2) is 0 Å². The number of aromatic amines is 1. The monoisotopic (exact) mass is 378 g/mol. The maximum absolute atomic E-state index is 12.7. The first kappa shape index (κ1) is 16.7. The van der Waals surface area contributed by atoms with Crippen LogP contribution in [0.2, 0.25) is 0 Å². The largest absolute Gasteiger partial charge is 0.384 e. The lowest BCUT2D eigenvalue weighted by Crippen LogP contribution is -2.14. The van der Waals surface area contributed by atoms with Gasteiger partial charge in [-0.2, -0.15) is 5.26 Å².